The highest BCUT2D eigenvalue weighted by Gasteiger charge is 2.20. The number of imidazole rings is 2. The van der Waals surface area contributed by atoms with Crippen molar-refractivity contribution in [3.8, 4) is 23.9 Å². The van der Waals surface area contributed by atoms with Crippen molar-refractivity contribution in [1.29, 1.82) is 10.5 Å². The van der Waals surface area contributed by atoms with Gasteiger partial charge in [-0.25, -0.2) is 9.97 Å². The number of para-hydroxylation sites is 4. The molecule has 0 saturated heterocycles. The van der Waals surface area contributed by atoms with Gasteiger partial charge in [0.2, 0.25) is 11.8 Å². The lowest BCUT2D eigenvalue weighted by atomic mass is 10.1. The molecule has 3 aromatic carbocycles. The van der Waals surface area contributed by atoms with E-state index in [9.17, 15) is 20.7 Å². The molecule has 7 aromatic rings. The zero-order valence-electron chi connectivity index (χ0n) is 23.6. The molecule has 0 saturated carbocycles. The summed E-state index contributed by atoms with van der Waals surface area (Å²) < 4.78 is 3.14. The summed E-state index contributed by atoms with van der Waals surface area (Å²) in [6.07, 6.45) is 3.07. The third-order valence-electron chi connectivity index (χ3n) is 7.79. The second-order valence-electron chi connectivity index (χ2n) is 10.3. The molecule has 0 spiro atoms. The van der Waals surface area contributed by atoms with Crippen LogP contribution in [0.3, 0.4) is 0 Å². The number of nitrogens with zero attached hydrogens (tertiary/aromatic N) is 8. The topological polar surface area (TPSA) is 147 Å². The predicted octanol–water partition coefficient (Wildman–Crippen LogP) is 6.56. The van der Waals surface area contributed by atoms with Gasteiger partial charge in [-0.1, -0.05) is 24.3 Å². The fourth-order valence-electron chi connectivity index (χ4n) is 5.48. The Kier molecular flexibility index (Phi) is 6.05. The first-order valence-corrected chi connectivity index (χ1v) is 13.6. The number of benzene rings is 3. The SMILES string of the molecule is Cc1c(C=Nc2ccc(N=Cc3c(C)c(C#N)c4nc5ccccc5n4c3O)cc2)c(O)n2c(nc3ccccc32)c1C#N. The summed E-state index contributed by atoms with van der Waals surface area (Å²) in [4.78, 5) is 18.2. The van der Waals surface area contributed by atoms with E-state index in [-0.39, 0.29) is 11.8 Å². The van der Waals surface area contributed by atoms with Crippen molar-refractivity contribution in [2.45, 2.75) is 13.8 Å². The van der Waals surface area contributed by atoms with Gasteiger partial charge in [-0.3, -0.25) is 18.8 Å². The van der Waals surface area contributed by atoms with E-state index in [4.69, 9.17) is 0 Å². The number of nitriles is 2. The van der Waals surface area contributed by atoms with Crippen LogP contribution < -0.4 is 0 Å². The summed E-state index contributed by atoms with van der Waals surface area (Å²) in [6, 6.07) is 26.3. The number of hydrogen-bond acceptors (Lipinski definition) is 8. The van der Waals surface area contributed by atoms with E-state index in [0.29, 0.717) is 78.1 Å². The molecule has 0 atom stereocenters. The van der Waals surface area contributed by atoms with Crippen molar-refractivity contribution in [1.82, 2.24) is 18.8 Å². The molecule has 0 bridgehead atoms. The quantitative estimate of drug-likeness (QED) is 0.228. The number of aliphatic imine (C=N–C) groups is 2. The van der Waals surface area contributed by atoms with Gasteiger partial charge < -0.3 is 10.2 Å². The van der Waals surface area contributed by atoms with E-state index in [1.807, 2.05) is 48.5 Å². The van der Waals surface area contributed by atoms with Crippen LogP contribution in [0.5, 0.6) is 11.8 Å². The first-order chi connectivity index (χ1) is 21.4. The Morgan fingerprint density at radius 3 is 1.41 bits per heavy atom. The number of rotatable bonds is 4. The van der Waals surface area contributed by atoms with Crippen LogP contribution in [0.1, 0.15) is 33.4 Å². The average Bonchev–Trinajstić information content (AvgIpc) is 3.61. The smallest absolute Gasteiger partial charge is 0.206 e. The van der Waals surface area contributed by atoms with Crippen molar-refractivity contribution >= 4 is 57.2 Å². The van der Waals surface area contributed by atoms with Crippen LogP contribution in [0.2, 0.25) is 0 Å². The summed E-state index contributed by atoms with van der Waals surface area (Å²) in [5, 5.41) is 42.1. The molecule has 10 heteroatoms. The molecular formula is C34H22N8O2. The van der Waals surface area contributed by atoms with Gasteiger partial charge in [0, 0.05) is 12.4 Å². The van der Waals surface area contributed by atoms with E-state index in [1.54, 1.807) is 46.9 Å². The van der Waals surface area contributed by atoms with Crippen LogP contribution in [0, 0.1) is 36.5 Å². The largest absolute Gasteiger partial charge is 0.494 e. The van der Waals surface area contributed by atoms with Crippen LogP contribution in [0.4, 0.5) is 11.4 Å². The van der Waals surface area contributed by atoms with Gasteiger partial charge in [-0.2, -0.15) is 10.5 Å². The Balaban J connectivity index is 1.23. The van der Waals surface area contributed by atoms with Gasteiger partial charge in [-0.15, -0.1) is 0 Å². The molecule has 2 N–H and O–H groups in total. The summed E-state index contributed by atoms with van der Waals surface area (Å²) in [7, 11) is 0. The fourth-order valence-corrected chi connectivity index (χ4v) is 5.48. The maximum atomic E-state index is 11.2. The van der Waals surface area contributed by atoms with Gasteiger partial charge >= 0.3 is 0 Å². The molecule has 0 aliphatic heterocycles. The molecule has 4 aromatic heterocycles. The Labute approximate surface area is 250 Å². The zero-order valence-corrected chi connectivity index (χ0v) is 23.6. The van der Waals surface area contributed by atoms with Crippen molar-refractivity contribution in [3.05, 3.63) is 106 Å². The van der Waals surface area contributed by atoms with E-state index in [1.165, 1.54) is 12.4 Å². The standard InChI is InChI=1S/C34H22N8O2/c1-19-23(15-35)31-39-27-7-3-5-9-29(27)41(31)33(43)25(19)17-37-21-11-13-22(14-12-21)38-18-26-20(2)24(16-36)32-40-28-8-4-6-10-30(28)42(32)34(26)44/h3-14,17-18,43-44H,1-2H3. The van der Waals surface area contributed by atoms with Gasteiger partial charge in [0.05, 0.1) is 55.7 Å². The predicted molar refractivity (Wildman–Crippen MR) is 169 cm³/mol. The molecule has 10 nitrogen and oxygen atoms in total. The summed E-state index contributed by atoms with van der Waals surface area (Å²) >= 11 is 0. The van der Waals surface area contributed by atoms with Crippen LogP contribution in [-0.4, -0.2) is 41.4 Å². The lowest BCUT2D eigenvalue weighted by molar-refractivity contribution is 0.446. The van der Waals surface area contributed by atoms with Crippen molar-refractivity contribution in [2.24, 2.45) is 9.98 Å². The van der Waals surface area contributed by atoms with Crippen molar-refractivity contribution in [3.63, 3.8) is 0 Å². The molecule has 0 amide bonds. The minimum absolute atomic E-state index is 0.0512. The maximum absolute atomic E-state index is 11.2. The highest BCUT2D eigenvalue weighted by atomic mass is 16.3. The fraction of sp³-hybridized carbons (Fsp3) is 0.0588. The molecule has 0 fully saturated rings. The van der Waals surface area contributed by atoms with Gasteiger partial charge in [0.15, 0.2) is 11.3 Å². The van der Waals surface area contributed by atoms with E-state index < -0.39 is 0 Å². The van der Waals surface area contributed by atoms with Crippen molar-refractivity contribution in [2.75, 3.05) is 0 Å². The maximum Gasteiger partial charge on any atom is 0.206 e. The van der Waals surface area contributed by atoms with Gasteiger partial charge in [0.25, 0.3) is 0 Å². The molecule has 0 aliphatic rings. The van der Waals surface area contributed by atoms with E-state index >= 15 is 0 Å². The number of fused-ring (bicyclic) bond motifs is 6. The third-order valence-corrected chi connectivity index (χ3v) is 7.79. The lowest BCUT2D eigenvalue weighted by Gasteiger charge is -2.10. The van der Waals surface area contributed by atoms with Crippen LogP contribution in [0.25, 0.3) is 33.4 Å². The van der Waals surface area contributed by atoms with Crippen molar-refractivity contribution < 1.29 is 10.2 Å². The molecule has 0 radical (unpaired) electrons. The molecule has 44 heavy (non-hydrogen) atoms. The van der Waals surface area contributed by atoms with Crippen LogP contribution >= 0.6 is 0 Å². The lowest BCUT2D eigenvalue weighted by Crippen LogP contribution is -2.01. The highest BCUT2D eigenvalue weighted by molar-refractivity contribution is 5.94. The molecule has 210 valence electrons. The zero-order chi connectivity index (χ0) is 30.5. The first kappa shape index (κ1) is 26.4. The Bertz CT molecular complexity index is 2280. The van der Waals surface area contributed by atoms with Gasteiger partial charge in [-0.05, 0) is 73.5 Å². The van der Waals surface area contributed by atoms with Crippen LogP contribution in [0.15, 0.2) is 82.8 Å². The Morgan fingerprint density at radius 2 is 1.02 bits per heavy atom. The summed E-state index contributed by atoms with van der Waals surface area (Å²) in [5.41, 5.74) is 7.45. The van der Waals surface area contributed by atoms with E-state index in [2.05, 4.69) is 32.1 Å². The Morgan fingerprint density at radius 1 is 0.636 bits per heavy atom. The number of pyridine rings is 2. The normalized spacial score (nSPS) is 11.8. The van der Waals surface area contributed by atoms with E-state index in [0.717, 1.165) is 0 Å². The average molecular weight is 575 g/mol. The first-order valence-electron chi connectivity index (χ1n) is 13.6. The highest BCUT2D eigenvalue weighted by Crippen LogP contribution is 2.33. The molecule has 4 heterocycles. The number of hydrogen-bond donors (Lipinski definition) is 2. The molecule has 0 aliphatic carbocycles. The number of aromatic nitrogens is 4. The third kappa shape index (κ3) is 3.94. The summed E-state index contributed by atoms with van der Waals surface area (Å²) in [5.74, 6) is -0.102. The summed E-state index contributed by atoms with van der Waals surface area (Å²) in [6.45, 7) is 3.52. The Hall–Kier alpha value is -6.52. The minimum Gasteiger partial charge on any atom is -0.494 e. The minimum atomic E-state index is -0.0512. The monoisotopic (exact) mass is 574 g/mol. The van der Waals surface area contributed by atoms with Crippen LogP contribution in [-0.2, 0) is 0 Å². The number of aromatic hydroxyl groups is 2. The molecular weight excluding hydrogens is 552 g/mol. The second kappa shape index (κ2) is 10.1. The molecule has 0 unspecified atom stereocenters. The molecule has 7 rings (SSSR count). The van der Waals surface area contributed by atoms with Gasteiger partial charge in [0.1, 0.15) is 12.1 Å². The second-order valence-corrected chi connectivity index (χ2v) is 10.3.